The number of nitrogens with one attached hydrogen (secondary N) is 1. The standard InChI is InChI=1S/C27H28N2O5/c1-18-23(26(30)33-16-15-32-3)25(28-27(31)29(18)2)24-21-12-8-7-11-20(21)13-14-22(24)34-17-19-9-5-4-6-10-19/h4-14,25H,15-17H2,1-3H3,(H,28,31). The average Bonchev–Trinajstić information content (AvgIpc) is 2.86. The fourth-order valence-corrected chi connectivity index (χ4v) is 4.05. The summed E-state index contributed by atoms with van der Waals surface area (Å²) in [5, 5.41) is 4.84. The molecule has 0 saturated heterocycles. The molecule has 1 aliphatic heterocycles. The lowest BCUT2D eigenvalue weighted by atomic mass is 9.90. The van der Waals surface area contributed by atoms with Gasteiger partial charge in [-0.15, -0.1) is 0 Å². The Bertz CT molecular complexity index is 1220. The molecule has 7 nitrogen and oxygen atoms in total. The fraction of sp³-hybridized carbons (Fsp3) is 0.259. The first kappa shape index (κ1) is 23.3. The summed E-state index contributed by atoms with van der Waals surface area (Å²) >= 11 is 0. The zero-order valence-electron chi connectivity index (χ0n) is 19.5. The van der Waals surface area contributed by atoms with Crippen molar-refractivity contribution in [2.45, 2.75) is 19.6 Å². The van der Waals surface area contributed by atoms with Gasteiger partial charge in [0.1, 0.15) is 19.0 Å². The summed E-state index contributed by atoms with van der Waals surface area (Å²) in [4.78, 5) is 27.4. The Balaban J connectivity index is 1.81. The third-order valence-electron chi connectivity index (χ3n) is 5.95. The van der Waals surface area contributed by atoms with Crippen LogP contribution in [0.25, 0.3) is 10.8 Å². The molecule has 0 fully saturated rings. The van der Waals surface area contributed by atoms with E-state index in [1.807, 2.05) is 66.7 Å². The van der Waals surface area contributed by atoms with Crippen molar-refractivity contribution in [1.82, 2.24) is 10.2 Å². The summed E-state index contributed by atoms with van der Waals surface area (Å²) in [5.74, 6) is 0.0840. The molecule has 0 saturated carbocycles. The number of hydrogen-bond donors (Lipinski definition) is 1. The molecule has 176 valence electrons. The molecule has 4 rings (SSSR count). The largest absolute Gasteiger partial charge is 0.489 e. The molecule has 0 aromatic heterocycles. The van der Waals surface area contributed by atoms with Gasteiger partial charge in [-0.25, -0.2) is 9.59 Å². The van der Waals surface area contributed by atoms with Crippen LogP contribution in [-0.2, 0) is 20.9 Å². The maximum absolute atomic E-state index is 13.2. The van der Waals surface area contributed by atoms with E-state index in [2.05, 4.69) is 5.32 Å². The van der Waals surface area contributed by atoms with Crippen LogP contribution in [0.5, 0.6) is 5.75 Å². The van der Waals surface area contributed by atoms with Gasteiger partial charge in [-0.3, -0.25) is 0 Å². The van der Waals surface area contributed by atoms with Crippen molar-refractivity contribution in [2.75, 3.05) is 27.4 Å². The quantitative estimate of drug-likeness (QED) is 0.393. The number of hydrogen-bond acceptors (Lipinski definition) is 5. The van der Waals surface area contributed by atoms with Crippen molar-refractivity contribution >= 4 is 22.8 Å². The lowest BCUT2D eigenvalue weighted by Crippen LogP contribution is -2.46. The Labute approximate surface area is 198 Å². The molecule has 1 N–H and O–H groups in total. The Morgan fingerprint density at radius 1 is 1.00 bits per heavy atom. The van der Waals surface area contributed by atoms with Crippen LogP contribution in [0.2, 0.25) is 0 Å². The number of methoxy groups -OCH3 is 1. The van der Waals surface area contributed by atoms with Crippen LogP contribution in [0.1, 0.15) is 24.1 Å². The number of urea groups is 1. The van der Waals surface area contributed by atoms with Gasteiger partial charge >= 0.3 is 12.0 Å². The second-order valence-electron chi connectivity index (χ2n) is 8.04. The first-order chi connectivity index (χ1) is 16.5. The number of allylic oxidation sites excluding steroid dienone is 1. The van der Waals surface area contributed by atoms with E-state index in [-0.39, 0.29) is 19.2 Å². The van der Waals surface area contributed by atoms with Crippen molar-refractivity contribution in [2.24, 2.45) is 0 Å². The topological polar surface area (TPSA) is 77.1 Å². The van der Waals surface area contributed by atoms with Crippen LogP contribution < -0.4 is 10.1 Å². The minimum Gasteiger partial charge on any atom is -0.489 e. The van der Waals surface area contributed by atoms with Gasteiger partial charge in [-0.1, -0.05) is 60.7 Å². The highest BCUT2D eigenvalue weighted by molar-refractivity contribution is 5.98. The Morgan fingerprint density at radius 3 is 2.50 bits per heavy atom. The number of amides is 2. The van der Waals surface area contributed by atoms with Crippen LogP contribution in [-0.4, -0.2) is 44.3 Å². The second-order valence-corrected chi connectivity index (χ2v) is 8.04. The average molecular weight is 461 g/mol. The summed E-state index contributed by atoms with van der Waals surface area (Å²) < 4.78 is 16.7. The van der Waals surface area contributed by atoms with Gasteiger partial charge in [0.2, 0.25) is 0 Å². The maximum Gasteiger partial charge on any atom is 0.338 e. The number of carbonyl (C=O) groups is 2. The number of fused-ring (bicyclic) bond motifs is 1. The molecule has 0 aliphatic carbocycles. The van der Waals surface area contributed by atoms with Crippen LogP contribution >= 0.6 is 0 Å². The normalized spacial score (nSPS) is 15.9. The van der Waals surface area contributed by atoms with Crippen LogP contribution in [0.4, 0.5) is 4.79 Å². The van der Waals surface area contributed by atoms with E-state index < -0.39 is 12.0 Å². The molecule has 2 amide bonds. The van der Waals surface area contributed by atoms with Gasteiger partial charge in [0.05, 0.1) is 18.2 Å². The highest BCUT2D eigenvalue weighted by Gasteiger charge is 2.37. The molecule has 0 radical (unpaired) electrons. The number of esters is 1. The van der Waals surface area contributed by atoms with E-state index in [4.69, 9.17) is 14.2 Å². The van der Waals surface area contributed by atoms with Crippen LogP contribution in [0, 0.1) is 0 Å². The highest BCUT2D eigenvalue weighted by atomic mass is 16.6. The Morgan fingerprint density at radius 2 is 1.74 bits per heavy atom. The van der Waals surface area contributed by atoms with Crippen molar-refractivity contribution in [3.05, 3.63) is 89.1 Å². The summed E-state index contributed by atoms with van der Waals surface area (Å²) in [6, 6.07) is 20.5. The minimum atomic E-state index is -0.740. The summed E-state index contributed by atoms with van der Waals surface area (Å²) in [5.41, 5.74) is 2.62. The predicted molar refractivity (Wildman–Crippen MR) is 129 cm³/mol. The lowest BCUT2D eigenvalue weighted by Gasteiger charge is -2.34. The first-order valence-electron chi connectivity index (χ1n) is 11.1. The van der Waals surface area contributed by atoms with Crippen molar-refractivity contribution in [3.63, 3.8) is 0 Å². The molecule has 1 unspecified atom stereocenters. The highest BCUT2D eigenvalue weighted by Crippen LogP contribution is 2.40. The van der Waals surface area contributed by atoms with Crippen molar-refractivity contribution in [1.29, 1.82) is 0 Å². The van der Waals surface area contributed by atoms with Gasteiger partial charge in [-0.05, 0) is 29.3 Å². The zero-order chi connectivity index (χ0) is 24.1. The summed E-state index contributed by atoms with van der Waals surface area (Å²) in [7, 11) is 3.17. The van der Waals surface area contributed by atoms with Crippen molar-refractivity contribution in [3.8, 4) is 5.75 Å². The zero-order valence-corrected chi connectivity index (χ0v) is 19.5. The van der Waals surface area contributed by atoms with E-state index in [0.717, 1.165) is 16.3 Å². The number of rotatable bonds is 8. The minimum absolute atomic E-state index is 0.114. The van der Waals surface area contributed by atoms with Crippen LogP contribution in [0.3, 0.4) is 0 Å². The van der Waals surface area contributed by atoms with E-state index >= 15 is 0 Å². The second kappa shape index (κ2) is 10.4. The molecule has 1 atom stereocenters. The molecule has 0 spiro atoms. The molecule has 1 aliphatic rings. The van der Waals surface area contributed by atoms with Gasteiger partial charge in [0, 0.05) is 25.4 Å². The van der Waals surface area contributed by atoms with Crippen molar-refractivity contribution < 1.29 is 23.8 Å². The fourth-order valence-electron chi connectivity index (χ4n) is 4.05. The molecule has 34 heavy (non-hydrogen) atoms. The monoisotopic (exact) mass is 460 g/mol. The molecule has 1 heterocycles. The number of carbonyl (C=O) groups excluding carboxylic acids is 2. The van der Waals surface area contributed by atoms with E-state index in [1.165, 1.54) is 4.90 Å². The number of nitrogens with zero attached hydrogens (tertiary/aromatic N) is 1. The number of benzene rings is 3. The molecule has 7 heteroatoms. The Hall–Kier alpha value is -3.84. The molecular weight excluding hydrogens is 432 g/mol. The summed E-state index contributed by atoms with van der Waals surface area (Å²) in [6.07, 6.45) is 0. The smallest absolute Gasteiger partial charge is 0.338 e. The van der Waals surface area contributed by atoms with Gasteiger partial charge in [-0.2, -0.15) is 0 Å². The van der Waals surface area contributed by atoms with E-state index in [0.29, 0.717) is 29.2 Å². The van der Waals surface area contributed by atoms with Gasteiger partial charge in [0.15, 0.2) is 0 Å². The lowest BCUT2D eigenvalue weighted by molar-refractivity contribution is -0.140. The molecule has 3 aromatic carbocycles. The maximum atomic E-state index is 13.2. The van der Waals surface area contributed by atoms with E-state index in [9.17, 15) is 9.59 Å². The first-order valence-corrected chi connectivity index (χ1v) is 11.1. The third kappa shape index (κ3) is 4.75. The molecule has 3 aromatic rings. The van der Waals surface area contributed by atoms with Gasteiger partial charge < -0.3 is 24.4 Å². The SMILES string of the molecule is COCCOC(=O)C1=C(C)N(C)C(=O)NC1c1c(OCc2ccccc2)ccc2ccccc12. The molecule has 0 bridgehead atoms. The third-order valence-corrected chi connectivity index (χ3v) is 5.95. The Kier molecular flexibility index (Phi) is 7.13. The van der Waals surface area contributed by atoms with Crippen LogP contribution in [0.15, 0.2) is 78.0 Å². The van der Waals surface area contributed by atoms with Gasteiger partial charge in [0.25, 0.3) is 0 Å². The number of ether oxygens (including phenoxy) is 3. The molecular formula is C27H28N2O5. The van der Waals surface area contributed by atoms with E-state index in [1.54, 1.807) is 21.1 Å². The summed E-state index contributed by atoms with van der Waals surface area (Å²) in [6.45, 7) is 2.49. The predicted octanol–water partition coefficient (Wildman–Crippen LogP) is 4.58.